The molecule has 3 aliphatic heterocycles. The van der Waals surface area contributed by atoms with Crippen molar-refractivity contribution < 1.29 is 28.8 Å². The number of imidazole rings is 1. The summed E-state index contributed by atoms with van der Waals surface area (Å²) in [5, 5.41) is 19.1. The minimum absolute atomic E-state index is 0. The van der Waals surface area contributed by atoms with Crippen LogP contribution in [0, 0.1) is 22.9 Å². The van der Waals surface area contributed by atoms with Crippen LogP contribution in [0.25, 0.3) is 0 Å². The summed E-state index contributed by atoms with van der Waals surface area (Å²) in [4.78, 5) is 45.5. The van der Waals surface area contributed by atoms with Gasteiger partial charge in [0.15, 0.2) is 17.8 Å². The first-order valence-corrected chi connectivity index (χ1v) is 43.8. The predicted octanol–water partition coefficient (Wildman–Crippen LogP) is 10.2. The number of likely N-dealkylation sites (tertiary alicyclic amines) is 1. The SMILES string of the molecule is C.CC(=O)CCl.CC(=O)CN1CCCCC1=NC#N.CC(=O)c1c(N)nc2n1CCCC2.II.N#CNC1=NCCCC1.[I][V]([I])[I].[I][V][I]. The van der Waals surface area contributed by atoms with E-state index >= 15 is 0 Å². The third kappa shape index (κ3) is 33.8. The molecule has 1 saturated heterocycles. The van der Waals surface area contributed by atoms with Gasteiger partial charge < -0.3 is 15.2 Å². The number of anilines is 1. The molecule has 0 aliphatic carbocycles. The third-order valence-corrected chi connectivity index (χ3v) is 6.36. The molecule has 1 aromatic heterocycles. The molecule has 0 bridgehead atoms. The van der Waals surface area contributed by atoms with E-state index in [4.69, 9.17) is 27.9 Å². The summed E-state index contributed by atoms with van der Waals surface area (Å²) in [6.07, 6.45) is 13.1. The van der Waals surface area contributed by atoms with Gasteiger partial charge in [0.2, 0.25) is 6.19 Å². The molecule has 1 fully saturated rings. The van der Waals surface area contributed by atoms with Crippen molar-refractivity contribution in [2.45, 2.75) is 92.5 Å². The van der Waals surface area contributed by atoms with E-state index in [-0.39, 0.29) is 35.6 Å². The number of carbonyl (C=O) groups excluding carboxylic acids is 3. The number of halogens is 8. The van der Waals surface area contributed by atoms with Crippen LogP contribution in [0.4, 0.5) is 5.82 Å². The van der Waals surface area contributed by atoms with Gasteiger partial charge in [-0.2, -0.15) is 15.5 Å². The van der Waals surface area contributed by atoms with Crippen molar-refractivity contribution in [3.05, 3.63) is 11.5 Å². The predicted molar refractivity (Wildman–Crippen MR) is 260 cm³/mol. The molecule has 12 nitrogen and oxygen atoms in total. The molecule has 0 atom stereocenters. The molecule has 0 unspecified atom stereocenters. The van der Waals surface area contributed by atoms with Crippen molar-refractivity contribution in [2.24, 2.45) is 9.98 Å². The molecule has 0 spiro atoms. The molecule has 3 N–H and O–H groups in total. The zero-order valence-electron chi connectivity index (χ0n) is 27.3. The van der Waals surface area contributed by atoms with Gasteiger partial charge in [-0.05, 0) is 52.4 Å². The quantitative estimate of drug-likeness (QED) is 0.0974. The molecule has 1 aromatic rings. The molecule has 22 heteroatoms. The average Bonchev–Trinajstić information content (AvgIpc) is 3.40. The Hall–Kier alpha value is 2.51. The van der Waals surface area contributed by atoms with Crippen molar-refractivity contribution in [3.8, 4) is 12.4 Å². The van der Waals surface area contributed by atoms with Crippen LogP contribution in [0.5, 0.6) is 0 Å². The number of rotatable bonds is 4. The van der Waals surface area contributed by atoms with E-state index in [9.17, 15) is 14.4 Å². The van der Waals surface area contributed by atoms with E-state index in [1.54, 1.807) is 13.1 Å². The van der Waals surface area contributed by atoms with Crippen LogP contribution in [0.3, 0.4) is 0 Å². The Kier molecular flexibility index (Phi) is 48.7. The van der Waals surface area contributed by atoms with Crippen LogP contribution < -0.4 is 11.1 Å². The second kappa shape index (κ2) is 41.2. The van der Waals surface area contributed by atoms with Crippen molar-refractivity contribution >= 4 is 184 Å². The number of piperidine rings is 1. The molecule has 4 heterocycles. The Morgan fingerprint density at radius 3 is 1.94 bits per heavy atom. The van der Waals surface area contributed by atoms with Crippen molar-refractivity contribution in [1.29, 1.82) is 10.5 Å². The van der Waals surface area contributed by atoms with Gasteiger partial charge in [-0.3, -0.25) is 24.7 Å². The second-order valence-electron chi connectivity index (χ2n) is 9.75. The van der Waals surface area contributed by atoms with Crippen LogP contribution in [-0.2, 0) is 36.9 Å². The maximum atomic E-state index is 11.3. The summed E-state index contributed by atoms with van der Waals surface area (Å²) in [5.74, 6) is 3.27. The summed E-state index contributed by atoms with van der Waals surface area (Å²) in [5.41, 5.74) is 6.26. The number of ketones is 3. The van der Waals surface area contributed by atoms with Crippen LogP contribution in [0.1, 0.15) is 95.9 Å². The van der Waals surface area contributed by atoms with Gasteiger partial charge in [0.1, 0.15) is 34.8 Å². The van der Waals surface area contributed by atoms with Crippen molar-refractivity contribution in [3.63, 3.8) is 0 Å². The molecule has 0 radical (unpaired) electrons. The number of amidine groups is 2. The van der Waals surface area contributed by atoms with Gasteiger partial charge >= 0.3 is 114 Å². The number of nitriles is 2. The number of nitrogen functional groups attached to an aromatic ring is 1. The number of carbonyl (C=O) groups is 3. The van der Waals surface area contributed by atoms with Crippen LogP contribution >= 0.6 is 149 Å². The van der Waals surface area contributed by atoms with E-state index in [1.807, 2.05) is 15.7 Å². The monoisotopic (exact) mass is 1580 g/mol. The van der Waals surface area contributed by atoms with Crippen molar-refractivity contribution in [2.75, 3.05) is 31.2 Å². The number of alkyl halides is 1. The fraction of sp³-hybridized carbons (Fsp3) is 0.643. The van der Waals surface area contributed by atoms with Gasteiger partial charge in [-0.1, -0.05) is 7.43 Å². The van der Waals surface area contributed by atoms with Crippen molar-refractivity contribution in [1.82, 2.24) is 19.8 Å². The molecule has 0 saturated carbocycles. The second-order valence-corrected chi connectivity index (χ2v) is 57.2. The Bertz CT molecular complexity index is 1250. The number of nitrogens with two attached hydrogens (primary N) is 1. The molecular weight excluding hydrogens is 1540 g/mol. The van der Waals surface area contributed by atoms with E-state index in [2.05, 4.69) is 157 Å². The minimum atomic E-state index is -0.278. The van der Waals surface area contributed by atoms with Gasteiger partial charge in [0.25, 0.3) is 0 Å². The van der Waals surface area contributed by atoms with E-state index in [1.165, 1.54) is 13.8 Å². The summed E-state index contributed by atoms with van der Waals surface area (Å²) < 4.78 is 1.96. The van der Waals surface area contributed by atoms with Gasteiger partial charge in [-0.15, -0.1) is 11.6 Å². The summed E-state index contributed by atoms with van der Waals surface area (Å²) in [7, 11) is 0.628. The van der Waals surface area contributed by atoms with E-state index in [0.717, 1.165) is 94.9 Å². The van der Waals surface area contributed by atoms with Crippen LogP contribution in [0.15, 0.2) is 9.98 Å². The van der Waals surface area contributed by atoms with Gasteiger partial charge in [0.05, 0.1) is 12.4 Å². The number of nitrogens with zero attached hydrogens (tertiary/aromatic N) is 7. The number of hydrogen-bond acceptors (Lipinski definition) is 10. The molecule has 285 valence electrons. The zero-order valence-corrected chi connectivity index (χ0v) is 45.9. The number of aliphatic imine (C=N–C) groups is 2. The Morgan fingerprint density at radius 1 is 0.980 bits per heavy atom. The number of Topliss-reactive ketones (excluding diaryl/α,β-unsaturated/α-hetero) is 3. The number of fused-ring (bicyclic) bond motifs is 1. The number of aromatic nitrogens is 2. The Labute approximate surface area is 393 Å². The van der Waals surface area contributed by atoms with E-state index in [0.29, 0.717) is 27.5 Å². The van der Waals surface area contributed by atoms with E-state index < -0.39 is 0 Å². The van der Waals surface area contributed by atoms with Gasteiger partial charge in [-0.25, -0.2) is 4.98 Å². The normalized spacial score (nSPS) is 14.3. The first kappa shape index (κ1) is 59.2. The first-order valence-electron chi connectivity index (χ1n) is 14.4. The fourth-order valence-corrected chi connectivity index (χ4v) is 4.24. The Balaban J connectivity index is -0.000000268. The summed E-state index contributed by atoms with van der Waals surface area (Å²) >= 11 is 21.4. The standard InChI is InChI=1S/2C9H13N3O.C6H9N3.C3H5ClO.CH4.I2.5HI.2V/c1-6(13)8-9(10)11-7-4-2-3-5-12(7)8;1-8(13)6-12-5-3-2-4-9(12)11-7-10;7-5-9-6-3-1-2-4-8-6;1-3(5)2-4;;1-2;;;;;;;/h2-5,10H2,1H3;2-6H2,1H3;1-4H2,(H,8,9);2H2,1H3;1H4;;5*1H;;/q;;;;;;;;;;;+2;+3/p-5. The maximum absolute atomic E-state index is 11.3. The molecule has 0 aromatic carbocycles. The number of hydrogen-bond donors (Lipinski definition) is 2. The number of nitrogens with one attached hydrogen (secondary N) is 1. The fourth-order valence-electron chi connectivity index (χ4n) is 4.24. The molecule has 50 heavy (non-hydrogen) atoms. The third-order valence-electron chi connectivity index (χ3n) is 5.99. The average molecular weight is 1580 g/mol. The summed E-state index contributed by atoms with van der Waals surface area (Å²) in [6, 6.07) is 0. The molecular formula is C28H44ClI7N9O3V2. The molecule has 0 amide bonds. The number of aryl methyl sites for hydroxylation is 1. The Morgan fingerprint density at radius 2 is 1.50 bits per heavy atom. The van der Waals surface area contributed by atoms with Gasteiger partial charge in [0, 0.05) is 83.1 Å². The summed E-state index contributed by atoms with van der Waals surface area (Å²) in [6.45, 7) is 7.54. The topological polar surface area (TPSA) is 183 Å². The van der Waals surface area contributed by atoms with Crippen LogP contribution in [0.2, 0.25) is 0 Å². The first-order chi connectivity index (χ1) is 23.3. The zero-order chi connectivity index (χ0) is 38.2. The van der Waals surface area contributed by atoms with Crippen LogP contribution in [-0.4, -0.2) is 69.0 Å². The molecule has 4 rings (SSSR count). The molecule has 3 aliphatic rings.